The minimum Gasteiger partial charge on any atom is -0.505 e. The lowest BCUT2D eigenvalue weighted by molar-refractivity contribution is -0.143. The largest absolute Gasteiger partial charge is 0.505 e. The van der Waals surface area contributed by atoms with Crippen molar-refractivity contribution in [2.24, 2.45) is 17.8 Å². The van der Waals surface area contributed by atoms with E-state index in [-0.39, 0.29) is 24.9 Å². The van der Waals surface area contributed by atoms with Gasteiger partial charge in [-0.15, -0.1) is 23.2 Å². The summed E-state index contributed by atoms with van der Waals surface area (Å²) in [6.07, 6.45) is 1.04. The maximum atomic E-state index is 14.4. The molecule has 9 nitrogen and oxygen atoms in total. The number of alkyl halides is 2. The van der Waals surface area contributed by atoms with Crippen molar-refractivity contribution in [2.45, 2.75) is 34.9 Å². The van der Waals surface area contributed by atoms with Crippen LogP contribution in [0.25, 0.3) is 0 Å². The highest BCUT2D eigenvalue weighted by Crippen LogP contribution is 2.66. The lowest BCUT2D eigenvalue weighted by atomic mass is 9.56. The van der Waals surface area contributed by atoms with Crippen molar-refractivity contribution in [3.05, 3.63) is 41.2 Å². The molecular formula is C24H21Cl2FN2O7. The highest BCUT2D eigenvalue weighted by molar-refractivity contribution is 6.53. The fourth-order valence-electron chi connectivity index (χ4n) is 6.35. The number of amides is 4. The summed E-state index contributed by atoms with van der Waals surface area (Å²) in [5.74, 6) is -9.56. The Morgan fingerprint density at radius 3 is 2.50 bits per heavy atom. The number of phenolic OH excluding ortho intramolecular Hbond substituents is 1. The van der Waals surface area contributed by atoms with Crippen LogP contribution < -0.4 is 0 Å². The number of hydrogen-bond acceptors (Lipinski definition) is 6. The zero-order chi connectivity index (χ0) is 26.3. The zero-order valence-corrected chi connectivity index (χ0v) is 20.4. The van der Waals surface area contributed by atoms with E-state index in [1.54, 1.807) is 6.08 Å². The monoisotopic (exact) mass is 538 g/mol. The molecule has 4 aliphatic rings. The van der Waals surface area contributed by atoms with Crippen LogP contribution in [0.1, 0.15) is 30.7 Å². The van der Waals surface area contributed by atoms with Crippen molar-refractivity contribution < 1.29 is 38.6 Å². The molecule has 2 saturated heterocycles. The van der Waals surface area contributed by atoms with Crippen molar-refractivity contribution in [1.82, 2.24) is 9.80 Å². The lowest BCUT2D eigenvalue weighted by Gasteiger charge is -2.50. The van der Waals surface area contributed by atoms with E-state index in [0.29, 0.717) is 5.57 Å². The molecule has 2 heterocycles. The first-order chi connectivity index (χ1) is 16.9. The molecule has 0 bridgehead atoms. The molecule has 2 aliphatic carbocycles. The summed E-state index contributed by atoms with van der Waals surface area (Å²) in [4.78, 5) is 61.7. The van der Waals surface area contributed by atoms with Crippen LogP contribution in [0.3, 0.4) is 0 Å². The first-order valence-electron chi connectivity index (χ1n) is 11.3. The summed E-state index contributed by atoms with van der Waals surface area (Å²) >= 11 is 13.9. The fourth-order valence-corrected chi connectivity index (χ4v) is 7.36. The van der Waals surface area contributed by atoms with E-state index in [4.69, 9.17) is 28.3 Å². The third-order valence-corrected chi connectivity index (χ3v) is 9.40. The smallest absolute Gasteiger partial charge is 0.305 e. The summed E-state index contributed by atoms with van der Waals surface area (Å²) in [7, 11) is 1.22. The molecule has 2 N–H and O–H groups in total. The summed E-state index contributed by atoms with van der Waals surface area (Å²) in [5, 5.41) is 19.6. The van der Waals surface area contributed by atoms with Crippen molar-refractivity contribution in [1.29, 1.82) is 0 Å². The Morgan fingerprint density at radius 1 is 1.14 bits per heavy atom. The van der Waals surface area contributed by atoms with Crippen LogP contribution in [0.4, 0.5) is 4.39 Å². The Hall–Kier alpha value is -2.98. The van der Waals surface area contributed by atoms with Crippen LogP contribution in [0.15, 0.2) is 29.8 Å². The van der Waals surface area contributed by atoms with Gasteiger partial charge in [0.15, 0.2) is 21.3 Å². The summed E-state index contributed by atoms with van der Waals surface area (Å²) in [5.41, 5.74) is 0.335. The molecule has 6 atom stereocenters. The number of carbonyl (C=O) groups is 5. The number of nitrogens with zero attached hydrogens (tertiary/aromatic N) is 2. The quantitative estimate of drug-likeness (QED) is 0.340. The number of carboxylic acids is 1. The zero-order valence-electron chi connectivity index (χ0n) is 18.9. The van der Waals surface area contributed by atoms with E-state index in [0.717, 1.165) is 15.9 Å². The van der Waals surface area contributed by atoms with Crippen molar-refractivity contribution in [2.75, 3.05) is 13.6 Å². The van der Waals surface area contributed by atoms with Crippen molar-refractivity contribution >= 4 is 52.8 Å². The second-order valence-corrected chi connectivity index (χ2v) is 10.9. The number of phenols is 1. The highest BCUT2D eigenvalue weighted by atomic mass is 35.5. The van der Waals surface area contributed by atoms with Crippen LogP contribution in [0.5, 0.6) is 5.75 Å². The van der Waals surface area contributed by atoms with Crippen LogP contribution in [-0.4, -0.2) is 73.0 Å². The first-order valence-corrected chi connectivity index (χ1v) is 12.1. The molecular weight excluding hydrogens is 518 g/mol. The number of fused-ring (bicyclic) bond motifs is 4. The Labute approximate surface area is 214 Å². The standard InChI is InChI=1S/C24H21Cl2FN2O7/c1-28-21(35)23(25)9-13-10(5-6-11-16(13)20(34)29(19(11)33)8-7-15(30)31)17(24(23,26)22(28)36)12-3-2-4-14(27)18(12)32/h2-5,11,13,16-17,32H,6-9H2,1H3,(H,30,31). The van der Waals surface area contributed by atoms with Gasteiger partial charge in [-0.3, -0.25) is 33.8 Å². The van der Waals surface area contributed by atoms with E-state index in [1.165, 1.54) is 19.2 Å². The molecule has 1 saturated carbocycles. The minimum absolute atomic E-state index is 0.0691. The first kappa shape index (κ1) is 24.7. The van der Waals surface area contributed by atoms with E-state index in [1.807, 2.05) is 0 Å². The maximum absolute atomic E-state index is 14.4. The molecule has 1 aromatic rings. The number of benzene rings is 1. The van der Waals surface area contributed by atoms with Gasteiger partial charge in [-0.25, -0.2) is 4.39 Å². The summed E-state index contributed by atoms with van der Waals surface area (Å²) in [6, 6.07) is 3.71. The molecule has 190 valence electrons. The topological polar surface area (TPSA) is 132 Å². The van der Waals surface area contributed by atoms with E-state index in [2.05, 4.69) is 0 Å². The average Bonchev–Trinajstić information content (AvgIpc) is 3.14. The van der Waals surface area contributed by atoms with Gasteiger partial charge in [0.1, 0.15) is 0 Å². The number of imide groups is 2. The van der Waals surface area contributed by atoms with Crippen molar-refractivity contribution in [3.63, 3.8) is 0 Å². The van der Waals surface area contributed by atoms with Crippen LogP contribution in [0, 0.1) is 23.6 Å². The normalized spacial score (nSPS) is 35.5. The molecule has 0 aromatic heterocycles. The number of hydrogen-bond donors (Lipinski definition) is 2. The molecule has 36 heavy (non-hydrogen) atoms. The van der Waals surface area contributed by atoms with Crippen LogP contribution in [0.2, 0.25) is 0 Å². The SMILES string of the molecule is CN1C(=O)C2(Cl)CC3C(=CCC4C(=O)N(CCC(=O)O)C(=O)C43)C(c3cccc(F)c3O)C2(Cl)C1=O. The maximum Gasteiger partial charge on any atom is 0.305 e. The third-order valence-electron chi connectivity index (χ3n) is 7.98. The van der Waals surface area contributed by atoms with Crippen LogP contribution >= 0.6 is 23.2 Å². The van der Waals surface area contributed by atoms with E-state index < -0.39 is 81.0 Å². The van der Waals surface area contributed by atoms with Gasteiger partial charge >= 0.3 is 5.97 Å². The van der Waals surface area contributed by atoms with Gasteiger partial charge in [0, 0.05) is 25.1 Å². The number of aromatic hydroxyl groups is 1. The van der Waals surface area contributed by atoms with Crippen molar-refractivity contribution in [3.8, 4) is 5.75 Å². The molecule has 5 rings (SSSR count). The van der Waals surface area contributed by atoms with Gasteiger partial charge in [0.05, 0.1) is 18.3 Å². The number of carboxylic acid groups (broad SMARTS) is 1. The Kier molecular flexibility index (Phi) is 5.50. The molecule has 6 unspecified atom stereocenters. The van der Waals surface area contributed by atoms with E-state index in [9.17, 15) is 33.5 Å². The average molecular weight is 539 g/mol. The second kappa shape index (κ2) is 8.01. The fraction of sp³-hybridized carbons (Fsp3) is 0.458. The molecule has 1 aromatic carbocycles. The Balaban J connectivity index is 1.68. The van der Waals surface area contributed by atoms with Gasteiger partial charge < -0.3 is 10.2 Å². The Bertz CT molecular complexity index is 1280. The number of halogens is 3. The Morgan fingerprint density at radius 2 is 1.83 bits per heavy atom. The van der Waals surface area contributed by atoms with Gasteiger partial charge in [-0.05, 0) is 24.8 Å². The van der Waals surface area contributed by atoms with Crippen LogP contribution in [-0.2, 0) is 24.0 Å². The van der Waals surface area contributed by atoms with Gasteiger partial charge in [-0.2, -0.15) is 0 Å². The molecule has 12 heteroatoms. The molecule has 0 radical (unpaired) electrons. The molecule has 2 aliphatic heterocycles. The highest BCUT2D eigenvalue weighted by Gasteiger charge is 2.76. The van der Waals surface area contributed by atoms with Gasteiger partial charge in [-0.1, -0.05) is 23.8 Å². The number of allylic oxidation sites excluding steroid dienone is 2. The van der Waals surface area contributed by atoms with E-state index >= 15 is 0 Å². The predicted molar refractivity (Wildman–Crippen MR) is 123 cm³/mol. The minimum atomic E-state index is -2.13. The molecule has 3 fully saturated rings. The predicted octanol–water partition coefficient (Wildman–Crippen LogP) is 1.99. The number of aliphatic carboxylic acids is 1. The lowest BCUT2D eigenvalue weighted by Crippen LogP contribution is -2.60. The molecule has 4 amide bonds. The summed E-state index contributed by atoms with van der Waals surface area (Å²) < 4.78 is 14.4. The number of likely N-dealkylation sites (tertiary alicyclic amines) is 2. The summed E-state index contributed by atoms with van der Waals surface area (Å²) in [6.45, 7) is -0.304. The number of rotatable bonds is 4. The third kappa shape index (κ3) is 2.97. The van der Waals surface area contributed by atoms with Gasteiger partial charge in [0.25, 0.3) is 11.8 Å². The number of para-hydroxylation sites is 1. The number of carbonyl (C=O) groups excluding carboxylic acids is 4. The second-order valence-electron chi connectivity index (χ2n) is 9.65. The van der Waals surface area contributed by atoms with Gasteiger partial charge in [0.2, 0.25) is 11.8 Å². The molecule has 0 spiro atoms.